The molecule has 0 atom stereocenters. The zero-order chi connectivity index (χ0) is 14.2. The lowest BCUT2D eigenvalue weighted by Crippen LogP contribution is -2.19. The van der Waals surface area contributed by atoms with Gasteiger partial charge in [-0.05, 0) is 24.9 Å². The second-order valence-electron chi connectivity index (χ2n) is 5.46. The van der Waals surface area contributed by atoms with Crippen LogP contribution in [-0.4, -0.2) is 13.2 Å². The van der Waals surface area contributed by atoms with Crippen molar-refractivity contribution >= 4 is 0 Å². The van der Waals surface area contributed by atoms with E-state index in [1.165, 1.54) is 38.5 Å². The molecule has 2 nitrogen and oxygen atoms in total. The molecule has 0 radical (unpaired) electrons. The molecule has 0 aliphatic heterocycles. The summed E-state index contributed by atoms with van der Waals surface area (Å²) in [7, 11) is 0. The Labute approximate surface area is 119 Å². The maximum atomic E-state index is 12.3. The van der Waals surface area contributed by atoms with Crippen LogP contribution in [0, 0.1) is 5.92 Å². The van der Waals surface area contributed by atoms with Crippen LogP contribution in [0.4, 0.5) is 8.78 Å². The van der Waals surface area contributed by atoms with Gasteiger partial charge in [-0.2, -0.15) is 8.78 Å². The van der Waals surface area contributed by atoms with Crippen LogP contribution in [0.3, 0.4) is 0 Å². The third kappa shape index (κ3) is 5.08. The lowest BCUT2D eigenvalue weighted by atomic mass is 9.87. The van der Waals surface area contributed by atoms with E-state index in [0.717, 1.165) is 18.0 Å². The van der Waals surface area contributed by atoms with E-state index in [1.807, 2.05) is 12.1 Å². The number of rotatable bonds is 7. The number of halogens is 2. The van der Waals surface area contributed by atoms with Crippen molar-refractivity contribution in [1.29, 1.82) is 0 Å². The van der Waals surface area contributed by atoms with Crippen LogP contribution in [0.5, 0.6) is 5.75 Å². The van der Waals surface area contributed by atoms with Gasteiger partial charge in [-0.25, -0.2) is 0 Å². The third-order valence-electron chi connectivity index (χ3n) is 3.96. The predicted octanol–water partition coefficient (Wildman–Crippen LogP) is 4.35. The number of hydrogen-bond donors (Lipinski definition) is 1. The van der Waals surface area contributed by atoms with Crippen LogP contribution in [0.1, 0.15) is 44.1 Å². The number of nitrogens with one attached hydrogen (secondary N) is 1. The highest BCUT2D eigenvalue weighted by Gasteiger charge is 2.13. The van der Waals surface area contributed by atoms with Crippen LogP contribution in [0.2, 0.25) is 0 Å². The molecule has 0 aromatic heterocycles. The Balaban J connectivity index is 1.73. The summed E-state index contributed by atoms with van der Waals surface area (Å²) in [6.07, 6.45) is 7.95. The Morgan fingerprint density at radius 3 is 2.65 bits per heavy atom. The zero-order valence-corrected chi connectivity index (χ0v) is 11.8. The van der Waals surface area contributed by atoms with Crippen LogP contribution in [0.15, 0.2) is 24.3 Å². The number of benzene rings is 1. The third-order valence-corrected chi connectivity index (χ3v) is 3.96. The first-order valence-corrected chi connectivity index (χ1v) is 7.49. The van der Waals surface area contributed by atoms with Crippen molar-refractivity contribution in [2.75, 3.05) is 6.54 Å². The van der Waals surface area contributed by atoms with Crippen LogP contribution < -0.4 is 10.1 Å². The van der Waals surface area contributed by atoms with Gasteiger partial charge < -0.3 is 10.1 Å². The van der Waals surface area contributed by atoms with E-state index in [-0.39, 0.29) is 5.75 Å². The van der Waals surface area contributed by atoms with Crippen LogP contribution >= 0.6 is 0 Å². The van der Waals surface area contributed by atoms with Gasteiger partial charge in [0.1, 0.15) is 5.75 Å². The minimum absolute atomic E-state index is 0.271. The fourth-order valence-corrected chi connectivity index (χ4v) is 2.87. The van der Waals surface area contributed by atoms with E-state index < -0.39 is 6.61 Å². The Morgan fingerprint density at radius 1 is 1.15 bits per heavy atom. The van der Waals surface area contributed by atoms with E-state index in [2.05, 4.69) is 10.1 Å². The Bertz CT molecular complexity index is 392. The fourth-order valence-electron chi connectivity index (χ4n) is 2.87. The summed E-state index contributed by atoms with van der Waals surface area (Å²) in [6.45, 7) is -1.25. The molecule has 4 heteroatoms. The minimum Gasteiger partial charge on any atom is -0.434 e. The average molecular weight is 283 g/mol. The summed E-state index contributed by atoms with van der Waals surface area (Å²) in [4.78, 5) is 0. The molecule has 20 heavy (non-hydrogen) atoms. The van der Waals surface area contributed by atoms with Gasteiger partial charge in [0.25, 0.3) is 0 Å². The van der Waals surface area contributed by atoms with Gasteiger partial charge in [0.05, 0.1) is 0 Å². The molecule has 1 aliphatic rings. The Morgan fingerprint density at radius 2 is 1.90 bits per heavy atom. The molecule has 112 valence electrons. The van der Waals surface area contributed by atoms with Crippen LogP contribution in [-0.2, 0) is 6.54 Å². The van der Waals surface area contributed by atoms with Crippen molar-refractivity contribution in [2.24, 2.45) is 5.92 Å². The zero-order valence-electron chi connectivity index (χ0n) is 11.8. The fraction of sp³-hybridized carbons (Fsp3) is 0.625. The van der Waals surface area contributed by atoms with E-state index in [0.29, 0.717) is 6.54 Å². The van der Waals surface area contributed by atoms with Crippen molar-refractivity contribution < 1.29 is 13.5 Å². The molecule has 0 bridgehead atoms. The summed E-state index contributed by atoms with van der Waals surface area (Å²) in [6, 6.07) is 6.97. The van der Waals surface area contributed by atoms with Crippen molar-refractivity contribution in [2.45, 2.75) is 51.7 Å². The predicted molar refractivity (Wildman–Crippen MR) is 76.0 cm³/mol. The molecule has 0 saturated heterocycles. The van der Waals surface area contributed by atoms with Gasteiger partial charge in [-0.3, -0.25) is 0 Å². The molecule has 0 heterocycles. The molecule has 1 aromatic carbocycles. The largest absolute Gasteiger partial charge is 0.434 e. The molecule has 1 aromatic rings. The van der Waals surface area contributed by atoms with Crippen molar-refractivity contribution in [3.05, 3.63) is 29.8 Å². The molecule has 1 N–H and O–H groups in total. The molecule has 1 aliphatic carbocycles. The van der Waals surface area contributed by atoms with Crippen molar-refractivity contribution in [3.63, 3.8) is 0 Å². The standard InChI is InChI=1S/C16H23F2NO/c17-16(18)20-15-9-5-4-8-14(15)12-19-11-10-13-6-2-1-3-7-13/h4-5,8-9,13,16,19H,1-3,6-7,10-12H2. The molecule has 1 fully saturated rings. The van der Waals surface area contributed by atoms with E-state index >= 15 is 0 Å². The molecule has 2 rings (SSSR count). The van der Waals surface area contributed by atoms with Gasteiger partial charge in [0.15, 0.2) is 0 Å². The molecule has 0 spiro atoms. The first-order valence-electron chi connectivity index (χ1n) is 7.49. The lowest BCUT2D eigenvalue weighted by Gasteiger charge is -2.21. The minimum atomic E-state index is -2.77. The monoisotopic (exact) mass is 283 g/mol. The summed E-state index contributed by atoms with van der Waals surface area (Å²) < 4.78 is 29.1. The van der Waals surface area contributed by atoms with Gasteiger partial charge in [-0.1, -0.05) is 50.3 Å². The molecular weight excluding hydrogens is 260 g/mol. The average Bonchev–Trinajstić information content (AvgIpc) is 2.46. The van der Waals surface area contributed by atoms with E-state index in [4.69, 9.17) is 0 Å². The van der Waals surface area contributed by atoms with Gasteiger partial charge in [-0.15, -0.1) is 0 Å². The second-order valence-corrected chi connectivity index (χ2v) is 5.46. The van der Waals surface area contributed by atoms with Gasteiger partial charge in [0.2, 0.25) is 0 Å². The number of para-hydroxylation sites is 1. The quantitative estimate of drug-likeness (QED) is 0.751. The maximum absolute atomic E-state index is 12.3. The summed E-state index contributed by atoms with van der Waals surface area (Å²) in [5.41, 5.74) is 0.788. The highest BCUT2D eigenvalue weighted by Crippen LogP contribution is 2.26. The van der Waals surface area contributed by atoms with E-state index in [9.17, 15) is 8.78 Å². The summed E-state index contributed by atoms with van der Waals surface area (Å²) in [5, 5.41) is 3.34. The van der Waals surface area contributed by atoms with Crippen molar-refractivity contribution in [1.82, 2.24) is 5.32 Å². The summed E-state index contributed by atoms with van der Waals surface area (Å²) in [5.74, 6) is 1.11. The van der Waals surface area contributed by atoms with Gasteiger partial charge in [0, 0.05) is 12.1 Å². The molecule has 0 amide bonds. The van der Waals surface area contributed by atoms with Crippen molar-refractivity contribution in [3.8, 4) is 5.75 Å². The van der Waals surface area contributed by atoms with E-state index in [1.54, 1.807) is 12.1 Å². The smallest absolute Gasteiger partial charge is 0.387 e. The molecule has 0 unspecified atom stereocenters. The highest BCUT2D eigenvalue weighted by molar-refractivity contribution is 5.33. The topological polar surface area (TPSA) is 21.3 Å². The Hall–Kier alpha value is -1.16. The summed E-state index contributed by atoms with van der Waals surface area (Å²) >= 11 is 0. The first kappa shape index (κ1) is 15.2. The SMILES string of the molecule is FC(F)Oc1ccccc1CNCCC1CCCCC1. The normalized spacial score (nSPS) is 16.6. The maximum Gasteiger partial charge on any atom is 0.387 e. The van der Waals surface area contributed by atoms with Crippen LogP contribution in [0.25, 0.3) is 0 Å². The number of ether oxygens (including phenoxy) is 1. The molecule has 1 saturated carbocycles. The number of alkyl halides is 2. The first-order chi connectivity index (χ1) is 9.75. The Kier molecular flexibility index (Phi) is 6.25. The highest BCUT2D eigenvalue weighted by atomic mass is 19.3. The number of hydrogen-bond acceptors (Lipinski definition) is 2. The van der Waals surface area contributed by atoms with Gasteiger partial charge >= 0.3 is 6.61 Å². The second kappa shape index (κ2) is 8.20. The lowest BCUT2D eigenvalue weighted by molar-refractivity contribution is -0.0504. The molecular formula is C16H23F2NO.